The predicted octanol–water partition coefficient (Wildman–Crippen LogP) is 2.21. The number of likely N-dealkylation sites (tertiary alicyclic amines) is 1. The zero-order valence-electron chi connectivity index (χ0n) is 12.5. The Bertz CT molecular complexity index is 533. The van der Waals surface area contributed by atoms with E-state index in [-0.39, 0.29) is 23.3 Å². The van der Waals surface area contributed by atoms with Gasteiger partial charge in [-0.3, -0.25) is 9.59 Å². The van der Waals surface area contributed by atoms with Crippen molar-refractivity contribution in [3.8, 4) is 0 Å². The van der Waals surface area contributed by atoms with Gasteiger partial charge in [-0.1, -0.05) is 25.1 Å². The monoisotopic (exact) mass is 286 g/mol. The van der Waals surface area contributed by atoms with E-state index in [1.807, 2.05) is 42.2 Å². The Hall–Kier alpha value is -1.84. The standard InChI is InChI=1S/C17H22N2O2/c1-2-15(20)19-10-8-17(9-11-19)12-14(17)18-16(21)13-6-4-3-5-7-13/h3-7,14H,2,8-12H2,1H3,(H,18,21). The molecule has 2 aliphatic rings. The number of hydrogen-bond donors (Lipinski definition) is 1. The average molecular weight is 286 g/mol. The Balaban J connectivity index is 1.53. The van der Waals surface area contributed by atoms with Gasteiger partial charge in [0.15, 0.2) is 0 Å². The summed E-state index contributed by atoms with van der Waals surface area (Å²) >= 11 is 0. The molecule has 3 rings (SSSR count). The fourth-order valence-corrected chi connectivity index (χ4v) is 3.36. The summed E-state index contributed by atoms with van der Waals surface area (Å²) < 4.78 is 0. The van der Waals surface area contributed by atoms with E-state index in [0.29, 0.717) is 6.42 Å². The first-order valence-electron chi connectivity index (χ1n) is 7.78. The normalized spacial score (nSPS) is 22.9. The fourth-order valence-electron chi connectivity index (χ4n) is 3.36. The molecule has 1 saturated heterocycles. The van der Waals surface area contributed by atoms with Gasteiger partial charge in [-0.15, -0.1) is 0 Å². The number of piperidine rings is 1. The van der Waals surface area contributed by atoms with Crippen LogP contribution in [0.2, 0.25) is 0 Å². The number of carbonyl (C=O) groups excluding carboxylic acids is 2. The molecule has 1 saturated carbocycles. The van der Waals surface area contributed by atoms with Crippen molar-refractivity contribution in [2.45, 2.75) is 38.6 Å². The van der Waals surface area contributed by atoms with Crippen LogP contribution in [0.4, 0.5) is 0 Å². The lowest BCUT2D eigenvalue weighted by Gasteiger charge is -2.32. The molecule has 1 heterocycles. The van der Waals surface area contributed by atoms with E-state index in [1.54, 1.807) is 0 Å². The number of amides is 2. The smallest absolute Gasteiger partial charge is 0.251 e. The third-order valence-corrected chi connectivity index (χ3v) is 4.95. The highest BCUT2D eigenvalue weighted by Gasteiger charge is 2.55. The predicted molar refractivity (Wildman–Crippen MR) is 80.9 cm³/mol. The largest absolute Gasteiger partial charge is 0.349 e. The Morgan fingerprint density at radius 3 is 2.52 bits per heavy atom. The Morgan fingerprint density at radius 2 is 1.90 bits per heavy atom. The lowest BCUT2D eigenvalue weighted by atomic mass is 9.92. The molecule has 1 N–H and O–H groups in total. The second-order valence-corrected chi connectivity index (χ2v) is 6.19. The van der Waals surface area contributed by atoms with Gasteiger partial charge in [-0.05, 0) is 36.8 Å². The summed E-state index contributed by atoms with van der Waals surface area (Å²) in [6, 6.07) is 9.64. The number of benzene rings is 1. The maximum atomic E-state index is 12.2. The van der Waals surface area contributed by atoms with E-state index in [0.717, 1.165) is 37.9 Å². The molecule has 0 aromatic heterocycles. The van der Waals surface area contributed by atoms with Crippen molar-refractivity contribution < 1.29 is 9.59 Å². The average Bonchev–Trinajstić information content (AvgIpc) is 3.19. The molecule has 4 nitrogen and oxygen atoms in total. The molecule has 4 heteroatoms. The summed E-state index contributed by atoms with van der Waals surface area (Å²) in [5, 5.41) is 3.15. The molecule has 1 aliphatic heterocycles. The number of carbonyl (C=O) groups is 2. The molecule has 21 heavy (non-hydrogen) atoms. The molecule has 2 amide bonds. The topological polar surface area (TPSA) is 49.4 Å². The molecular weight excluding hydrogens is 264 g/mol. The number of rotatable bonds is 3. The number of nitrogens with zero attached hydrogens (tertiary/aromatic N) is 1. The molecule has 1 aromatic rings. The van der Waals surface area contributed by atoms with Crippen molar-refractivity contribution in [2.24, 2.45) is 5.41 Å². The highest BCUT2D eigenvalue weighted by molar-refractivity contribution is 5.94. The highest BCUT2D eigenvalue weighted by Crippen LogP contribution is 2.53. The van der Waals surface area contributed by atoms with Crippen LogP contribution in [0.15, 0.2) is 30.3 Å². The van der Waals surface area contributed by atoms with Gasteiger partial charge in [-0.2, -0.15) is 0 Å². The molecule has 1 atom stereocenters. The van der Waals surface area contributed by atoms with Gasteiger partial charge >= 0.3 is 0 Å². The molecular formula is C17H22N2O2. The third kappa shape index (κ3) is 2.80. The highest BCUT2D eigenvalue weighted by atomic mass is 16.2. The van der Waals surface area contributed by atoms with Gasteiger partial charge in [0.05, 0.1) is 0 Å². The Labute approximate surface area is 125 Å². The third-order valence-electron chi connectivity index (χ3n) is 4.95. The minimum atomic E-state index is 0.0181. The number of nitrogens with one attached hydrogen (secondary N) is 1. The zero-order valence-corrected chi connectivity index (χ0v) is 12.5. The molecule has 1 spiro atoms. The second-order valence-electron chi connectivity index (χ2n) is 6.19. The van der Waals surface area contributed by atoms with Crippen molar-refractivity contribution >= 4 is 11.8 Å². The number of hydrogen-bond acceptors (Lipinski definition) is 2. The summed E-state index contributed by atoms with van der Waals surface area (Å²) in [5.74, 6) is 0.264. The van der Waals surface area contributed by atoms with E-state index in [1.165, 1.54) is 0 Å². The van der Waals surface area contributed by atoms with E-state index >= 15 is 0 Å². The SMILES string of the molecule is CCC(=O)N1CCC2(CC1)CC2NC(=O)c1ccccc1. The quantitative estimate of drug-likeness (QED) is 0.926. The molecule has 1 aromatic carbocycles. The molecule has 0 radical (unpaired) electrons. The maximum absolute atomic E-state index is 12.2. The molecule has 0 bridgehead atoms. The first kappa shape index (κ1) is 14.1. The Kier molecular flexibility index (Phi) is 3.70. The van der Waals surface area contributed by atoms with Crippen LogP contribution in [-0.4, -0.2) is 35.8 Å². The van der Waals surface area contributed by atoms with Crippen molar-refractivity contribution in [3.63, 3.8) is 0 Å². The minimum Gasteiger partial charge on any atom is -0.349 e. The van der Waals surface area contributed by atoms with Crippen LogP contribution in [0.25, 0.3) is 0 Å². The fraction of sp³-hybridized carbons (Fsp3) is 0.529. The van der Waals surface area contributed by atoms with Gasteiger partial charge in [-0.25, -0.2) is 0 Å². The summed E-state index contributed by atoms with van der Waals surface area (Å²) in [7, 11) is 0. The summed E-state index contributed by atoms with van der Waals surface area (Å²) in [6.45, 7) is 3.58. The van der Waals surface area contributed by atoms with E-state index in [4.69, 9.17) is 0 Å². The lowest BCUT2D eigenvalue weighted by Crippen LogP contribution is -2.41. The van der Waals surface area contributed by atoms with Crippen LogP contribution in [-0.2, 0) is 4.79 Å². The van der Waals surface area contributed by atoms with Crippen molar-refractivity contribution in [1.82, 2.24) is 10.2 Å². The van der Waals surface area contributed by atoms with Crippen LogP contribution in [0.5, 0.6) is 0 Å². The first-order chi connectivity index (χ1) is 10.1. The van der Waals surface area contributed by atoms with E-state index in [9.17, 15) is 9.59 Å². The van der Waals surface area contributed by atoms with Crippen LogP contribution in [0.3, 0.4) is 0 Å². The molecule has 112 valence electrons. The molecule has 2 fully saturated rings. The summed E-state index contributed by atoms with van der Waals surface area (Å²) in [4.78, 5) is 25.8. The van der Waals surface area contributed by atoms with Crippen LogP contribution >= 0.6 is 0 Å². The maximum Gasteiger partial charge on any atom is 0.251 e. The Morgan fingerprint density at radius 1 is 1.24 bits per heavy atom. The van der Waals surface area contributed by atoms with Crippen LogP contribution in [0.1, 0.15) is 43.0 Å². The van der Waals surface area contributed by atoms with E-state index in [2.05, 4.69) is 5.32 Å². The van der Waals surface area contributed by atoms with Crippen LogP contribution in [0, 0.1) is 5.41 Å². The summed E-state index contributed by atoms with van der Waals surface area (Å²) in [5.41, 5.74) is 0.966. The first-order valence-corrected chi connectivity index (χ1v) is 7.78. The van der Waals surface area contributed by atoms with Gasteiger partial charge < -0.3 is 10.2 Å². The summed E-state index contributed by atoms with van der Waals surface area (Å²) in [6.07, 6.45) is 3.66. The van der Waals surface area contributed by atoms with Gasteiger partial charge in [0, 0.05) is 31.1 Å². The van der Waals surface area contributed by atoms with Crippen molar-refractivity contribution in [1.29, 1.82) is 0 Å². The zero-order chi connectivity index (χ0) is 14.9. The molecule has 1 aliphatic carbocycles. The van der Waals surface area contributed by atoms with Crippen molar-refractivity contribution in [2.75, 3.05) is 13.1 Å². The van der Waals surface area contributed by atoms with E-state index < -0.39 is 0 Å². The van der Waals surface area contributed by atoms with Crippen LogP contribution < -0.4 is 5.32 Å². The van der Waals surface area contributed by atoms with Gasteiger partial charge in [0.25, 0.3) is 5.91 Å². The van der Waals surface area contributed by atoms with Gasteiger partial charge in [0.1, 0.15) is 0 Å². The lowest BCUT2D eigenvalue weighted by molar-refractivity contribution is -0.132. The van der Waals surface area contributed by atoms with Gasteiger partial charge in [0.2, 0.25) is 5.91 Å². The second kappa shape index (κ2) is 5.51. The minimum absolute atomic E-state index is 0.0181. The molecule has 1 unspecified atom stereocenters. The van der Waals surface area contributed by atoms with Crippen molar-refractivity contribution in [3.05, 3.63) is 35.9 Å².